The lowest BCUT2D eigenvalue weighted by molar-refractivity contribution is 0.542. The summed E-state index contributed by atoms with van der Waals surface area (Å²) in [6.07, 6.45) is 4.00. The molecular weight excluding hydrogens is 257 g/mol. The van der Waals surface area contributed by atoms with E-state index in [2.05, 4.69) is 20.3 Å². The molecule has 0 bridgehead atoms. The number of hydrogen-bond acceptors (Lipinski definition) is 5. The normalized spacial score (nSPS) is 17.6. The highest BCUT2D eigenvalue weighted by Crippen LogP contribution is 2.34. The molecule has 1 atom stereocenters. The van der Waals surface area contributed by atoms with Gasteiger partial charge in [-0.1, -0.05) is 12.1 Å². The largest absolute Gasteiger partial charge is 0.368 e. The Morgan fingerprint density at radius 1 is 1.35 bits per heavy atom. The smallest absolute Gasteiger partial charge is 0.227 e. The highest BCUT2D eigenvalue weighted by atomic mass is 19.1. The number of aryl methyl sites for hydroxylation is 1. The van der Waals surface area contributed by atoms with Crippen LogP contribution >= 0.6 is 0 Å². The fourth-order valence-electron chi connectivity index (χ4n) is 2.66. The van der Waals surface area contributed by atoms with Gasteiger partial charge in [0.05, 0.1) is 6.04 Å². The van der Waals surface area contributed by atoms with Crippen molar-refractivity contribution in [1.82, 2.24) is 15.0 Å². The van der Waals surface area contributed by atoms with Crippen LogP contribution in [-0.2, 0) is 6.42 Å². The summed E-state index contributed by atoms with van der Waals surface area (Å²) < 4.78 is 14.2. The molecule has 1 aromatic heterocycles. The van der Waals surface area contributed by atoms with E-state index >= 15 is 0 Å². The number of hydrogen-bond donors (Lipinski definition) is 2. The van der Waals surface area contributed by atoms with Crippen molar-refractivity contribution in [1.29, 1.82) is 0 Å². The van der Waals surface area contributed by atoms with Crippen molar-refractivity contribution in [3.8, 4) is 0 Å². The van der Waals surface area contributed by atoms with Gasteiger partial charge in [0.1, 0.15) is 12.1 Å². The summed E-state index contributed by atoms with van der Waals surface area (Å²) in [5.41, 5.74) is 8.02. The summed E-state index contributed by atoms with van der Waals surface area (Å²) >= 11 is 0. The van der Waals surface area contributed by atoms with E-state index in [0.717, 1.165) is 30.4 Å². The minimum Gasteiger partial charge on any atom is -0.368 e. The molecule has 6 heteroatoms. The van der Waals surface area contributed by atoms with E-state index < -0.39 is 0 Å². The van der Waals surface area contributed by atoms with E-state index in [1.54, 1.807) is 6.92 Å². The van der Waals surface area contributed by atoms with E-state index in [9.17, 15) is 4.39 Å². The summed E-state index contributed by atoms with van der Waals surface area (Å²) in [7, 11) is 0. The highest BCUT2D eigenvalue weighted by molar-refractivity contribution is 5.42. The van der Waals surface area contributed by atoms with Crippen LogP contribution in [0.15, 0.2) is 18.5 Å². The Hall–Kier alpha value is -2.24. The number of benzene rings is 1. The van der Waals surface area contributed by atoms with Crippen LogP contribution in [0.3, 0.4) is 0 Å². The lowest BCUT2D eigenvalue weighted by atomic mass is 9.86. The highest BCUT2D eigenvalue weighted by Gasteiger charge is 2.24. The zero-order valence-electron chi connectivity index (χ0n) is 11.2. The van der Waals surface area contributed by atoms with Crippen LogP contribution < -0.4 is 11.1 Å². The quantitative estimate of drug-likeness (QED) is 0.878. The van der Waals surface area contributed by atoms with E-state index in [1.165, 1.54) is 6.33 Å². The molecule has 0 fully saturated rings. The summed E-state index contributed by atoms with van der Waals surface area (Å²) in [5.74, 6) is 0.508. The SMILES string of the molecule is Cc1ccc2c(c1F)CCC[C@@H]2Nc1ncnc(N)n1. The van der Waals surface area contributed by atoms with Gasteiger partial charge in [-0.2, -0.15) is 4.98 Å². The van der Waals surface area contributed by atoms with Crippen molar-refractivity contribution >= 4 is 11.9 Å². The first-order valence-electron chi connectivity index (χ1n) is 6.64. The average Bonchev–Trinajstić information content (AvgIpc) is 2.43. The summed E-state index contributed by atoms with van der Waals surface area (Å²) in [6, 6.07) is 3.81. The predicted octanol–water partition coefficient (Wildman–Crippen LogP) is 2.39. The Morgan fingerprint density at radius 3 is 3.00 bits per heavy atom. The van der Waals surface area contributed by atoms with Gasteiger partial charge in [-0.3, -0.25) is 0 Å². The van der Waals surface area contributed by atoms with Crippen LogP contribution in [0.4, 0.5) is 16.3 Å². The third-order valence-electron chi connectivity index (χ3n) is 3.66. The van der Waals surface area contributed by atoms with Gasteiger partial charge in [0.25, 0.3) is 0 Å². The van der Waals surface area contributed by atoms with Crippen LogP contribution in [0.2, 0.25) is 0 Å². The molecule has 2 aromatic rings. The molecule has 0 radical (unpaired) electrons. The minimum atomic E-state index is -0.0934. The third-order valence-corrected chi connectivity index (χ3v) is 3.66. The number of rotatable bonds is 2. The molecule has 0 unspecified atom stereocenters. The number of fused-ring (bicyclic) bond motifs is 1. The van der Waals surface area contributed by atoms with Crippen LogP contribution in [-0.4, -0.2) is 15.0 Å². The molecule has 0 amide bonds. The van der Waals surface area contributed by atoms with Gasteiger partial charge in [0, 0.05) is 0 Å². The minimum absolute atomic E-state index is 0.00986. The van der Waals surface area contributed by atoms with Crippen molar-refractivity contribution in [3.63, 3.8) is 0 Å². The molecular formula is C14H16FN5. The Labute approximate surface area is 116 Å². The molecule has 1 aromatic carbocycles. The molecule has 1 aliphatic rings. The van der Waals surface area contributed by atoms with Gasteiger partial charge in [-0.05, 0) is 42.9 Å². The van der Waals surface area contributed by atoms with E-state index in [4.69, 9.17) is 5.73 Å². The number of nitrogens with one attached hydrogen (secondary N) is 1. The van der Waals surface area contributed by atoms with Crippen molar-refractivity contribution in [2.45, 2.75) is 32.2 Å². The fourth-order valence-corrected chi connectivity index (χ4v) is 2.66. The monoisotopic (exact) mass is 273 g/mol. The molecule has 3 N–H and O–H groups in total. The van der Waals surface area contributed by atoms with Gasteiger partial charge in [0.2, 0.25) is 11.9 Å². The first kappa shape index (κ1) is 12.8. The molecule has 0 saturated carbocycles. The molecule has 3 rings (SSSR count). The molecule has 20 heavy (non-hydrogen) atoms. The van der Waals surface area contributed by atoms with Gasteiger partial charge in [-0.25, -0.2) is 14.4 Å². The van der Waals surface area contributed by atoms with Crippen LogP contribution in [0.5, 0.6) is 0 Å². The van der Waals surface area contributed by atoms with Crippen molar-refractivity contribution in [2.75, 3.05) is 11.1 Å². The Balaban J connectivity index is 1.92. The van der Waals surface area contributed by atoms with E-state index in [-0.39, 0.29) is 17.8 Å². The predicted molar refractivity (Wildman–Crippen MR) is 74.7 cm³/mol. The molecule has 104 valence electrons. The summed E-state index contributed by atoms with van der Waals surface area (Å²) in [4.78, 5) is 11.8. The van der Waals surface area contributed by atoms with Crippen LogP contribution in [0, 0.1) is 12.7 Å². The van der Waals surface area contributed by atoms with Crippen LogP contribution in [0.25, 0.3) is 0 Å². The average molecular weight is 273 g/mol. The maximum atomic E-state index is 14.2. The first-order valence-corrected chi connectivity index (χ1v) is 6.64. The van der Waals surface area contributed by atoms with E-state index in [0.29, 0.717) is 11.5 Å². The second kappa shape index (κ2) is 5.03. The van der Waals surface area contributed by atoms with Gasteiger partial charge in [0.15, 0.2) is 0 Å². The Kier molecular flexibility index (Phi) is 3.22. The topological polar surface area (TPSA) is 76.7 Å². The number of nitrogens with two attached hydrogens (primary N) is 1. The molecule has 5 nitrogen and oxygen atoms in total. The number of aromatic nitrogens is 3. The standard InChI is InChI=1S/C14H16FN5/c1-8-5-6-9-10(12(8)15)3-2-4-11(9)19-14-18-7-17-13(16)20-14/h5-7,11H,2-4H2,1H3,(H3,16,17,18,19,20)/t11-/m0/s1. The zero-order chi connectivity index (χ0) is 14.1. The number of halogens is 1. The maximum absolute atomic E-state index is 14.2. The molecule has 1 aliphatic carbocycles. The Bertz CT molecular complexity index is 643. The fraction of sp³-hybridized carbons (Fsp3) is 0.357. The van der Waals surface area contributed by atoms with Gasteiger partial charge < -0.3 is 11.1 Å². The lowest BCUT2D eigenvalue weighted by Crippen LogP contribution is -2.20. The number of nitrogens with zero attached hydrogens (tertiary/aromatic N) is 3. The summed E-state index contributed by atoms with van der Waals surface area (Å²) in [6.45, 7) is 1.79. The molecule has 0 spiro atoms. The summed E-state index contributed by atoms with van der Waals surface area (Å²) in [5, 5.41) is 3.22. The zero-order valence-corrected chi connectivity index (χ0v) is 11.2. The second-order valence-electron chi connectivity index (χ2n) is 5.02. The second-order valence-corrected chi connectivity index (χ2v) is 5.02. The third kappa shape index (κ3) is 2.29. The van der Waals surface area contributed by atoms with Gasteiger partial charge >= 0.3 is 0 Å². The number of anilines is 2. The van der Waals surface area contributed by atoms with Gasteiger partial charge in [-0.15, -0.1) is 0 Å². The molecule has 0 aliphatic heterocycles. The Morgan fingerprint density at radius 2 is 2.20 bits per heavy atom. The van der Waals surface area contributed by atoms with Crippen molar-refractivity contribution in [3.05, 3.63) is 41.0 Å². The molecule has 1 heterocycles. The first-order chi connectivity index (χ1) is 9.65. The van der Waals surface area contributed by atoms with Crippen LogP contribution in [0.1, 0.15) is 35.6 Å². The van der Waals surface area contributed by atoms with E-state index in [1.807, 2.05) is 12.1 Å². The van der Waals surface area contributed by atoms with Crippen molar-refractivity contribution in [2.24, 2.45) is 0 Å². The maximum Gasteiger partial charge on any atom is 0.227 e. The number of nitrogen functional groups attached to an aromatic ring is 1. The lowest BCUT2D eigenvalue weighted by Gasteiger charge is -2.27. The molecule has 0 saturated heterocycles. The van der Waals surface area contributed by atoms with Crippen molar-refractivity contribution < 1.29 is 4.39 Å².